The lowest BCUT2D eigenvalue weighted by Crippen LogP contribution is -2.17. The third-order valence-electron chi connectivity index (χ3n) is 3.26. The summed E-state index contributed by atoms with van der Waals surface area (Å²) in [6, 6.07) is 2.24. The van der Waals surface area contributed by atoms with Crippen molar-refractivity contribution >= 4 is 11.8 Å². The van der Waals surface area contributed by atoms with Crippen molar-refractivity contribution in [3.8, 4) is 6.07 Å². The van der Waals surface area contributed by atoms with Crippen LogP contribution in [0, 0.1) is 23.2 Å². The molecule has 0 aromatic rings. The Morgan fingerprint density at radius 1 is 1.71 bits per heavy atom. The van der Waals surface area contributed by atoms with Gasteiger partial charge in [0.25, 0.3) is 0 Å². The fourth-order valence-corrected chi connectivity index (χ4v) is 2.38. The van der Waals surface area contributed by atoms with E-state index in [2.05, 4.69) is 11.1 Å². The molecule has 92 valence electrons. The Morgan fingerprint density at radius 2 is 2.41 bits per heavy atom. The van der Waals surface area contributed by atoms with Gasteiger partial charge in [-0.2, -0.15) is 10.3 Å². The predicted molar refractivity (Wildman–Crippen MR) is 60.6 cm³/mol. The minimum Gasteiger partial charge on any atom is -0.448 e. The van der Waals surface area contributed by atoms with Crippen molar-refractivity contribution in [1.82, 2.24) is 0 Å². The van der Waals surface area contributed by atoms with Crippen LogP contribution in [0.3, 0.4) is 0 Å². The lowest BCUT2D eigenvalue weighted by atomic mass is 9.99. The summed E-state index contributed by atoms with van der Waals surface area (Å²) in [6.45, 7) is 4.05. The molecule has 1 aliphatic carbocycles. The van der Waals surface area contributed by atoms with Crippen LogP contribution in [0.15, 0.2) is 4.99 Å². The van der Waals surface area contributed by atoms with E-state index in [-0.39, 0.29) is 24.0 Å². The maximum atomic E-state index is 11.3. The summed E-state index contributed by atoms with van der Waals surface area (Å²) in [4.78, 5) is 15.3. The zero-order valence-electron chi connectivity index (χ0n) is 10.0. The molecule has 1 aliphatic heterocycles. The Kier molecular flexibility index (Phi) is 3.43. The minimum absolute atomic E-state index is 0.0513. The van der Waals surface area contributed by atoms with Gasteiger partial charge in [-0.1, -0.05) is 0 Å². The van der Waals surface area contributed by atoms with Gasteiger partial charge in [-0.25, -0.2) is 4.79 Å². The van der Waals surface area contributed by atoms with E-state index < -0.39 is 6.09 Å². The molecule has 0 spiro atoms. The van der Waals surface area contributed by atoms with Gasteiger partial charge >= 0.3 is 6.09 Å². The summed E-state index contributed by atoms with van der Waals surface area (Å²) in [5, 5.41) is 8.95. The van der Waals surface area contributed by atoms with E-state index in [0.717, 1.165) is 12.1 Å². The molecule has 5 nitrogen and oxygen atoms in total. The van der Waals surface area contributed by atoms with Crippen LogP contribution in [0.4, 0.5) is 4.79 Å². The molecule has 1 amide bonds. The highest BCUT2D eigenvalue weighted by molar-refractivity contribution is 5.97. The highest BCUT2D eigenvalue weighted by Crippen LogP contribution is 2.40. The monoisotopic (exact) mass is 236 g/mol. The van der Waals surface area contributed by atoms with E-state index in [0.29, 0.717) is 13.0 Å². The molecule has 2 rings (SSSR count). The Balaban J connectivity index is 2.08. The van der Waals surface area contributed by atoms with Crippen LogP contribution in [-0.4, -0.2) is 30.6 Å². The Bertz CT molecular complexity index is 386. The predicted octanol–water partition coefficient (Wildman–Crippen LogP) is 1.92. The number of hydrogen-bond donors (Lipinski definition) is 0. The first-order chi connectivity index (χ1) is 8.15. The number of epoxide rings is 1. The summed E-state index contributed by atoms with van der Waals surface area (Å²) in [6.07, 6.45) is 1.08. The lowest BCUT2D eigenvalue weighted by molar-refractivity contribution is 0.163. The maximum absolute atomic E-state index is 11.3. The van der Waals surface area contributed by atoms with Crippen LogP contribution >= 0.6 is 0 Å². The van der Waals surface area contributed by atoms with Crippen molar-refractivity contribution in [3.63, 3.8) is 0 Å². The third kappa shape index (κ3) is 2.64. The average Bonchev–Trinajstić information content (AvgIpc) is 2.87. The fourth-order valence-electron chi connectivity index (χ4n) is 2.38. The molecule has 0 aromatic heterocycles. The smallest absolute Gasteiger partial charge is 0.433 e. The molecular weight excluding hydrogens is 220 g/mol. The molecule has 17 heavy (non-hydrogen) atoms. The average molecular weight is 236 g/mol. The van der Waals surface area contributed by atoms with Gasteiger partial charge in [0.05, 0.1) is 30.8 Å². The van der Waals surface area contributed by atoms with Crippen LogP contribution in [0.25, 0.3) is 0 Å². The number of nitrogens with zero attached hydrogens (tertiary/aromatic N) is 2. The van der Waals surface area contributed by atoms with Crippen LogP contribution < -0.4 is 0 Å². The van der Waals surface area contributed by atoms with E-state index in [1.807, 2.05) is 6.92 Å². The van der Waals surface area contributed by atoms with E-state index in [1.165, 1.54) is 0 Å². The van der Waals surface area contributed by atoms with Crippen LogP contribution in [0.1, 0.15) is 26.7 Å². The molecule has 0 aromatic carbocycles. The quantitative estimate of drug-likeness (QED) is 0.686. The van der Waals surface area contributed by atoms with Crippen molar-refractivity contribution in [2.75, 3.05) is 6.61 Å². The van der Waals surface area contributed by atoms with Gasteiger partial charge in [-0.15, -0.1) is 0 Å². The summed E-state index contributed by atoms with van der Waals surface area (Å²) < 4.78 is 10.2. The van der Waals surface area contributed by atoms with Crippen molar-refractivity contribution in [3.05, 3.63) is 0 Å². The highest BCUT2D eigenvalue weighted by Gasteiger charge is 2.47. The standard InChI is InChI=1S/C12H16N2O3/c1-3-16-12(15)14-10-5-8(6-13)4-9(10)11-7(2)17-11/h7-9,11H,3-5H2,1-2H3/t7-,8?,9?,11-/m0/s1. The molecule has 5 heteroatoms. The van der Waals surface area contributed by atoms with Gasteiger partial charge in [0.2, 0.25) is 0 Å². The van der Waals surface area contributed by atoms with Crippen molar-refractivity contribution in [2.24, 2.45) is 16.8 Å². The number of aliphatic imine (C=N–C) groups is 1. The Morgan fingerprint density at radius 3 is 2.94 bits per heavy atom. The minimum atomic E-state index is -0.556. The van der Waals surface area contributed by atoms with Crippen molar-refractivity contribution in [1.29, 1.82) is 5.26 Å². The van der Waals surface area contributed by atoms with Gasteiger partial charge in [0, 0.05) is 18.1 Å². The normalized spacial score (nSPS) is 37.8. The lowest BCUT2D eigenvalue weighted by Gasteiger charge is -2.06. The number of carbonyl (C=O) groups is 1. The maximum Gasteiger partial charge on any atom is 0.433 e. The molecule has 0 N–H and O–H groups in total. The number of amides is 1. The molecule has 1 saturated carbocycles. The number of hydrogen-bond acceptors (Lipinski definition) is 4. The van der Waals surface area contributed by atoms with Crippen molar-refractivity contribution < 1.29 is 14.3 Å². The number of ether oxygens (including phenoxy) is 2. The number of nitriles is 1. The number of rotatable bonds is 2. The SMILES string of the molecule is CCOC(=O)N=C1CC(C#N)CC1[C@H]1O[C@H]1C. The largest absolute Gasteiger partial charge is 0.448 e. The zero-order valence-corrected chi connectivity index (χ0v) is 10.0. The van der Waals surface area contributed by atoms with E-state index >= 15 is 0 Å². The van der Waals surface area contributed by atoms with Gasteiger partial charge in [-0.05, 0) is 20.3 Å². The van der Waals surface area contributed by atoms with Gasteiger partial charge < -0.3 is 9.47 Å². The summed E-state index contributed by atoms with van der Waals surface area (Å²) >= 11 is 0. The molecule has 1 heterocycles. The van der Waals surface area contributed by atoms with Crippen LogP contribution in [-0.2, 0) is 9.47 Å². The molecule has 2 aliphatic rings. The topological polar surface area (TPSA) is 75.0 Å². The summed E-state index contributed by atoms with van der Waals surface area (Å²) in [7, 11) is 0. The van der Waals surface area contributed by atoms with Crippen LogP contribution in [0.2, 0.25) is 0 Å². The molecule has 2 fully saturated rings. The molecular formula is C12H16N2O3. The zero-order chi connectivity index (χ0) is 12.4. The highest BCUT2D eigenvalue weighted by atomic mass is 16.6. The third-order valence-corrected chi connectivity index (χ3v) is 3.26. The molecule has 1 saturated heterocycles. The van der Waals surface area contributed by atoms with Crippen molar-refractivity contribution in [2.45, 2.75) is 38.9 Å². The van der Waals surface area contributed by atoms with E-state index in [1.54, 1.807) is 6.92 Å². The second kappa shape index (κ2) is 4.84. The number of carbonyl (C=O) groups excluding carboxylic acids is 1. The molecule has 2 unspecified atom stereocenters. The second-order valence-electron chi connectivity index (χ2n) is 4.48. The second-order valence-corrected chi connectivity index (χ2v) is 4.48. The fraction of sp³-hybridized carbons (Fsp3) is 0.750. The summed E-state index contributed by atoms with van der Waals surface area (Å²) in [5.41, 5.74) is 0.768. The molecule has 4 atom stereocenters. The first kappa shape index (κ1) is 12.1. The first-order valence-electron chi connectivity index (χ1n) is 5.95. The van der Waals surface area contributed by atoms with Crippen LogP contribution in [0.5, 0.6) is 0 Å². The van der Waals surface area contributed by atoms with Gasteiger partial charge in [0.1, 0.15) is 0 Å². The first-order valence-corrected chi connectivity index (χ1v) is 5.95. The van der Waals surface area contributed by atoms with Gasteiger partial charge in [-0.3, -0.25) is 0 Å². The van der Waals surface area contributed by atoms with E-state index in [4.69, 9.17) is 14.7 Å². The van der Waals surface area contributed by atoms with E-state index in [9.17, 15) is 4.79 Å². The molecule has 0 radical (unpaired) electrons. The van der Waals surface area contributed by atoms with Gasteiger partial charge in [0.15, 0.2) is 0 Å². The molecule has 0 bridgehead atoms. The summed E-state index contributed by atoms with van der Waals surface area (Å²) in [5.74, 6) is 0.0589. The Labute approximate surface area is 100 Å². The Hall–Kier alpha value is -1.41.